The van der Waals surface area contributed by atoms with Crippen LogP contribution in [-0.4, -0.2) is 23.8 Å². The van der Waals surface area contributed by atoms with E-state index in [0.29, 0.717) is 4.90 Å². The molecule has 0 saturated carbocycles. The summed E-state index contributed by atoms with van der Waals surface area (Å²) in [5.74, 6) is 0. The van der Waals surface area contributed by atoms with Crippen LogP contribution < -0.4 is 0 Å². The third kappa shape index (κ3) is 3.12. The molecule has 0 radical (unpaired) electrons. The summed E-state index contributed by atoms with van der Waals surface area (Å²) < 4.78 is 27.1. The van der Waals surface area contributed by atoms with Gasteiger partial charge in [-0.05, 0) is 53.7 Å². The second-order valence-electron chi connectivity index (χ2n) is 6.42. The molecule has 0 heterocycles. The van der Waals surface area contributed by atoms with Crippen LogP contribution in [0.25, 0.3) is 0 Å². The van der Waals surface area contributed by atoms with Crippen molar-refractivity contribution in [3.05, 3.63) is 30.3 Å². The van der Waals surface area contributed by atoms with Gasteiger partial charge in [0, 0.05) is 11.1 Å². The van der Waals surface area contributed by atoms with Crippen molar-refractivity contribution in [2.45, 2.75) is 57.5 Å². The standard InChI is InChI=1S/C14H23NO2S/c1-13(2,3)15(14(4,5)6)18(16,17)12-10-8-7-9-11-12/h7-11H,1-6H3. The lowest BCUT2D eigenvalue weighted by atomic mass is 10.0. The van der Waals surface area contributed by atoms with Crippen LogP contribution >= 0.6 is 0 Å². The molecule has 0 amide bonds. The molecule has 1 aromatic rings. The molecule has 1 rings (SSSR count). The van der Waals surface area contributed by atoms with E-state index < -0.39 is 21.1 Å². The van der Waals surface area contributed by atoms with Gasteiger partial charge < -0.3 is 0 Å². The van der Waals surface area contributed by atoms with Crippen LogP contribution in [-0.2, 0) is 10.0 Å². The van der Waals surface area contributed by atoms with Gasteiger partial charge in [0.25, 0.3) is 0 Å². The largest absolute Gasteiger partial charge is 0.244 e. The Labute approximate surface area is 111 Å². The normalized spacial score (nSPS) is 13.9. The SMILES string of the molecule is CC(C)(C)N(C(C)(C)C)S(=O)(=O)c1ccccc1. The van der Waals surface area contributed by atoms with E-state index >= 15 is 0 Å². The highest BCUT2D eigenvalue weighted by molar-refractivity contribution is 7.89. The number of hydrogen-bond donors (Lipinski definition) is 0. The third-order valence-electron chi connectivity index (χ3n) is 2.50. The molecule has 0 bridgehead atoms. The average Bonchev–Trinajstić information content (AvgIpc) is 2.13. The maximum atomic E-state index is 12.8. The maximum Gasteiger partial charge on any atom is 0.244 e. The monoisotopic (exact) mass is 269 g/mol. The van der Waals surface area contributed by atoms with Crippen LogP contribution in [0, 0.1) is 0 Å². The van der Waals surface area contributed by atoms with Gasteiger partial charge in [-0.15, -0.1) is 0 Å². The summed E-state index contributed by atoms with van der Waals surface area (Å²) in [5.41, 5.74) is -0.931. The Kier molecular flexibility index (Phi) is 3.94. The molecule has 0 aromatic heterocycles. The lowest BCUT2D eigenvalue weighted by molar-refractivity contribution is 0.140. The van der Waals surface area contributed by atoms with E-state index in [-0.39, 0.29) is 0 Å². The molecule has 0 N–H and O–H groups in total. The summed E-state index contributed by atoms with van der Waals surface area (Å²) in [4.78, 5) is 0.342. The molecule has 1 aromatic carbocycles. The molecule has 0 unspecified atom stereocenters. The minimum atomic E-state index is -3.48. The molecule has 0 aliphatic rings. The van der Waals surface area contributed by atoms with Crippen molar-refractivity contribution >= 4 is 10.0 Å². The highest BCUT2D eigenvalue weighted by atomic mass is 32.2. The fourth-order valence-electron chi connectivity index (χ4n) is 2.43. The van der Waals surface area contributed by atoms with E-state index in [2.05, 4.69) is 0 Å². The van der Waals surface area contributed by atoms with Crippen molar-refractivity contribution in [2.75, 3.05) is 0 Å². The lowest BCUT2D eigenvalue weighted by Crippen LogP contribution is -2.55. The van der Waals surface area contributed by atoms with Crippen LogP contribution in [0.2, 0.25) is 0 Å². The second kappa shape index (κ2) is 4.67. The highest BCUT2D eigenvalue weighted by Crippen LogP contribution is 2.32. The van der Waals surface area contributed by atoms with E-state index in [1.54, 1.807) is 28.6 Å². The molecule has 0 saturated heterocycles. The summed E-state index contributed by atoms with van der Waals surface area (Å²) in [6.07, 6.45) is 0. The number of hydrogen-bond acceptors (Lipinski definition) is 2. The number of sulfonamides is 1. The smallest absolute Gasteiger partial charge is 0.207 e. The van der Waals surface area contributed by atoms with Gasteiger partial charge in [-0.1, -0.05) is 18.2 Å². The van der Waals surface area contributed by atoms with E-state index in [4.69, 9.17) is 0 Å². The minimum Gasteiger partial charge on any atom is -0.207 e. The first kappa shape index (κ1) is 15.2. The molecule has 18 heavy (non-hydrogen) atoms. The molecule has 0 aliphatic carbocycles. The van der Waals surface area contributed by atoms with E-state index in [9.17, 15) is 8.42 Å². The number of nitrogens with zero attached hydrogens (tertiary/aromatic N) is 1. The van der Waals surface area contributed by atoms with Crippen molar-refractivity contribution in [1.82, 2.24) is 4.31 Å². The van der Waals surface area contributed by atoms with Crippen molar-refractivity contribution < 1.29 is 8.42 Å². The van der Waals surface area contributed by atoms with Gasteiger partial charge >= 0.3 is 0 Å². The van der Waals surface area contributed by atoms with Crippen LogP contribution in [0.4, 0.5) is 0 Å². The van der Waals surface area contributed by atoms with Crippen molar-refractivity contribution in [3.63, 3.8) is 0 Å². The van der Waals surface area contributed by atoms with Gasteiger partial charge in [-0.25, -0.2) is 8.42 Å². The lowest BCUT2D eigenvalue weighted by Gasteiger charge is -2.43. The van der Waals surface area contributed by atoms with Crippen molar-refractivity contribution in [1.29, 1.82) is 0 Å². The fraction of sp³-hybridized carbons (Fsp3) is 0.571. The van der Waals surface area contributed by atoms with E-state index in [0.717, 1.165) is 0 Å². The predicted molar refractivity (Wildman–Crippen MR) is 75.0 cm³/mol. The zero-order chi connectivity index (χ0) is 14.2. The molecule has 102 valence electrons. The summed E-state index contributed by atoms with van der Waals surface area (Å²) in [5, 5.41) is 0. The van der Waals surface area contributed by atoms with Gasteiger partial charge in [0.2, 0.25) is 10.0 Å². The fourth-order valence-corrected chi connectivity index (χ4v) is 4.58. The van der Waals surface area contributed by atoms with Crippen LogP contribution in [0.15, 0.2) is 35.2 Å². The Bertz CT molecular complexity index is 479. The summed E-state index contributed by atoms with van der Waals surface area (Å²) in [6, 6.07) is 8.59. The summed E-state index contributed by atoms with van der Waals surface area (Å²) in [7, 11) is -3.48. The molecular formula is C14H23NO2S. The molecule has 0 atom stereocenters. The molecular weight excluding hydrogens is 246 g/mol. The average molecular weight is 269 g/mol. The Balaban J connectivity index is 3.41. The topological polar surface area (TPSA) is 37.4 Å². The first-order valence-corrected chi connectivity index (χ1v) is 7.52. The van der Waals surface area contributed by atoms with E-state index in [1.807, 2.05) is 47.6 Å². The maximum absolute atomic E-state index is 12.8. The van der Waals surface area contributed by atoms with Crippen molar-refractivity contribution in [2.24, 2.45) is 0 Å². The van der Waals surface area contributed by atoms with Crippen LogP contribution in [0.3, 0.4) is 0 Å². The second-order valence-corrected chi connectivity index (χ2v) is 8.21. The minimum absolute atomic E-state index is 0.342. The van der Waals surface area contributed by atoms with Crippen LogP contribution in [0.5, 0.6) is 0 Å². The van der Waals surface area contributed by atoms with Gasteiger partial charge in [0.1, 0.15) is 0 Å². The van der Waals surface area contributed by atoms with Crippen molar-refractivity contribution in [3.8, 4) is 0 Å². The van der Waals surface area contributed by atoms with Gasteiger partial charge in [-0.3, -0.25) is 0 Å². The first-order valence-electron chi connectivity index (χ1n) is 6.08. The van der Waals surface area contributed by atoms with Gasteiger partial charge in [0.15, 0.2) is 0 Å². The molecule has 3 nitrogen and oxygen atoms in total. The molecule has 0 spiro atoms. The highest BCUT2D eigenvalue weighted by Gasteiger charge is 2.41. The molecule has 0 aliphatic heterocycles. The number of rotatable bonds is 2. The zero-order valence-electron chi connectivity index (χ0n) is 12.1. The van der Waals surface area contributed by atoms with Gasteiger partial charge in [-0.2, -0.15) is 4.31 Å². The Morgan fingerprint density at radius 1 is 0.833 bits per heavy atom. The number of benzene rings is 1. The molecule has 4 heteroatoms. The first-order chi connectivity index (χ1) is 7.97. The summed E-state index contributed by atoms with van der Waals surface area (Å²) in [6.45, 7) is 11.5. The quantitative estimate of drug-likeness (QED) is 0.826. The predicted octanol–water partition coefficient (Wildman–Crippen LogP) is 3.27. The third-order valence-corrected chi connectivity index (χ3v) is 4.94. The molecule has 0 fully saturated rings. The van der Waals surface area contributed by atoms with E-state index in [1.165, 1.54) is 0 Å². The van der Waals surface area contributed by atoms with Gasteiger partial charge in [0.05, 0.1) is 4.90 Å². The zero-order valence-corrected chi connectivity index (χ0v) is 12.9. The Hall–Kier alpha value is -0.870. The van der Waals surface area contributed by atoms with Crippen LogP contribution in [0.1, 0.15) is 41.5 Å². The Morgan fingerprint density at radius 3 is 1.56 bits per heavy atom. The Morgan fingerprint density at radius 2 is 1.22 bits per heavy atom. The summed E-state index contributed by atoms with van der Waals surface area (Å²) >= 11 is 0.